The first-order valence-electron chi connectivity index (χ1n) is 4.45. The van der Waals surface area contributed by atoms with Crippen molar-refractivity contribution in [3.05, 3.63) is 35.4 Å². The van der Waals surface area contributed by atoms with Gasteiger partial charge in [-0.25, -0.2) is 4.98 Å². The second kappa shape index (κ2) is 5.15. The van der Waals surface area contributed by atoms with Crippen LogP contribution < -0.4 is 40.4 Å². The third kappa shape index (κ3) is 2.24. The first-order chi connectivity index (χ1) is 7.65. The minimum atomic E-state index is -1.43. The Morgan fingerprint density at radius 2 is 2.06 bits per heavy atom. The van der Waals surface area contributed by atoms with Gasteiger partial charge in [-0.05, 0) is 6.07 Å². The summed E-state index contributed by atoms with van der Waals surface area (Å²) in [5.74, 6) is -1.53. The summed E-state index contributed by atoms with van der Waals surface area (Å²) in [4.78, 5) is 15.0. The second-order valence-electron chi connectivity index (χ2n) is 3.16. The number of carbonyl (C=O) groups excluding carboxylic acids is 1. The molecule has 1 aromatic carbocycles. The van der Waals surface area contributed by atoms with Crippen molar-refractivity contribution >= 4 is 22.7 Å². The van der Waals surface area contributed by atoms with Crippen molar-refractivity contribution in [2.24, 2.45) is 0 Å². The zero-order valence-electron chi connectivity index (χ0n) is 9.10. The Kier molecular flexibility index (Phi) is 4.07. The molecule has 0 spiro atoms. The molecule has 1 aromatic heterocycles. The Labute approximate surface area is 119 Å². The Morgan fingerprint density at radius 3 is 2.65 bits per heavy atom. The van der Waals surface area contributed by atoms with Gasteiger partial charge in [-0.1, -0.05) is 18.2 Å². The molecule has 2 N–H and O–H groups in total. The van der Waals surface area contributed by atoms with Crippen LogP contribution in [0.4, 0.5) is 5.82 Å². The van der Waals surface area contributed by atoms with Gasteiger partial charge in [0.15, 0.2) is 0 Å². The van der Waals surface area contributed by atoms with Crippen LogP contribution in [0.15, 0.2) is 24.3 Å². The fraction of sp³-hybridized carbons (Fsp3) is 0. The van der Waals surface area contributed by atoms with Crippen LogP contribution in [0.2, 0.25) is 0 Å². The Morgan fingerprint density at radius 1 is 1.41 bits per heavy atom. The fourth-order valence-electron chi connectivity index (χ4n) is 1.56. The number of nitrogens with two attached hydrogens (primary N) is 1. The average Bonchev–Trinajstić information content (AvgIpc) is 2.26. The molecule has 0 aliphatic rings. The van der Waals surface area contributed by atoms with E-state index in [-0.39, 0.29) is 46.5 Å². The smallest absolute Gasteiger partial charge is 0.545 e. The second-order valence-corrected chi connectivity index (χ2v) is 3.16. The number of aromatic carboxylic acids is 1. The van der Waals surface area contributed by atoms with Crippen molar-refractivity contribution in [1.29, 1.82) is 5.26 Å². The molecule has 78 valence electrons. The van der Waals surface area contributed by atoms with Gasteiger partial charge in [-0.3, -0.25) is 0 Å². The van der Waals surface area contributed by atoms with Gasteiger partial charge in [-0.2, -0.15) is 5.26 Å². The van der Waals surface area contributed by atoms with Crippen LogP contribution in [-0.2, 0) is 0 Å². The van der Waals surface area contributed by atoms with Crippen molar-refractivity contribution in [2.75, 3.05) is 5.73 Å². The maximum absolute atomic E-state index is 11.0. The molecule has 0 fully saturated rings. The molecule has 0 radical (unpaired) electrons. The Bertz CT molecular complexity index is 634. The Balaban J connectivity index is 0.00000144. The molecule has 1 heterocycles. The van der Waals surface area contributed by atoms with Gasteiger partial charge in [0.2, 0.25) is 0 Å². The third-order valence-corrected chi connectivity index (χ3v) is 2.24. The van der Waals surface area contributed by atoms with E-state index in [2.05, 4.69) is 4.98 Å². The van der Waals surface area contributed by atoms with E-state index in [1.807, 2.05) is 0 Å². The molecular formula is C11H6N3NaO2. The van der Waals surface area contributed by atoms with E-state index >= 15 is 0 Å². The van der Waals surface area contributed by atoms with Crippen LogP contribution >= 0.6 is 0 Å². The molecule has 0 amide bonds. The van der Waals surface area contributed by atoms with E-state index in [1.165, 1.54) is 0 Å². The number of nitrogen functional groups attached to an aromatic ring is 1. The van der Waals surface area contributed by atoms with Crippen molar-refractivity contribution < 1.29 is 39.5 Å². The zero-order valence-corrected chi connectivity index (χ0v) is 11.1. The molecule has 0 aliphatic carbocycles. The Hall–Kier alpha value is -1.61. The summed E-state index contributed by atoms with van der Waals surface area (Å²) >= 11 is 0. The number of hydrogen-bond donors (Lipinski definition) is 1. The summed E-state index contributed by atoms with van der Waals surface area (Å²) in [6.45, 7) is 0. The van der Waals surface area contributed by atoms with Gasteiger partial charge in [0, 0.05) is 10.9 Å². The maximum Gasteiger partial charge on any atom is 1.00 e. The van der Waals surface area contributed by atoms with Crippen molar-refractivity contribution in [3.63, 3.8) is 0 Å². The molecule has 2 rings (SSSR count). The van der Waals surface area contributed by atoms with Gasteiger partial charge < -0.3 is 15.6 Å². The summed E-state index contributed by atoms with van der Waals surface area (Å²) in [5.41, 5.74) is 5.58. The first kappa shape index (κ1) is 13.5. The molecule has 2 aromatic rings. The van der Waals surface area contributed by atoms with E-state index in [0.29, 0.717) is 10.9 Å². The van der Waals surface area contributed by atoms with E-state index in [1.54, 1.807) is 30.3 Å². The molecule has 0 saturated carbocycles. The summed E-state index contributed by atoms with van der Waals surface area (Å²) in [6.07, 6.45) is 0. The number of carboxylic acid groups (broad SMARTS) is 1. The number of para-hydroxylation sites is 1. The molecule has 17 heavy (non-hydrogen) atoms. The molecule has 0 atom stereocenters. The number of aromatic nitrogens is 1. The normalized spacial score (nSPS) is 9.35. The topological polar surface area (TPSA) is 103 Å². The summed E-state index contributed by atoms with van der Waals surface area (Å²) in [7, 11) is 0. The summed E-state index contributed by atoms with van der Waals surface area (Å²) in [5, 5.41) is 20.2. The number of anilines is 1. The van der Waals surface area contributed by atoms with Gasteiger partial charge in [-0.15, -0.1) is 0 Å². The van der Waals surface area contributed by atoms with Crippen LogP contribution in [-0.4, -0.2) is 11.0 Å². The van der Waals surface area contributed by atoms with Crippen LogP contribution in [0.5, 0.6) is 0 Å². The molecule has 0 bridgehead atoms. The van der Waals surface area contributed by atoms with Gasteiger partial charge in [0.25, 0.3) is 0 Å². The molecule has 0 aliphatic heterocycles. The minimum absolute atomic E-state index is 0. The van der Waals surface area contributed by atoms with Gasteiger partial charge in [0.05, 0.1) is 11.5 Å². The van der Waals surface area contributed by atoms with Crippen LogP contribution in [0, 0.1) is 11.3 Å². The predicted octanol–water partition coefficient (Wildman–Crippen LogP) is -2.94. The zero-order chi connectivity index (χ0) is 11.7. The molecule has 0 unspecified atom stereocenters. The van der Waals surface area contributed by atoms with Crippen LogP contribution in [0.3, 0.4) is 0 Å². The summed E-state index contributed by atoms with van der Waals surface area (Å²) in [6, 6.07) is 8.29. The van der Waals surface area contributed by atoms with Crippen molar-refractivity contribution in [2.45, 2.75) is 0 Å². The third-order valence-electron chi connectivity index (χ3n) is 2.24. The first-order valence-corrected chi connectivity index (χ1v) is 4.45. The standard InChI is InChI=1S/C11H7N3O2.Na/c12-5-7-9(11(15)16)6-3-1-2-4-8(6)14-10(7)13;/h1-4H,(H2,13,14)(H,15,16);/q;+1/p-1. The van der Waals surface area contributed by atoms with E-state index in [0.717, 1.165) is 0 Å². The van der Waals surface area contributed by atoms with E-state index < -0.39 is 5.97 Å². The molecule has 6 heteroatoms. The SMILES string of the molecule is N#Cc1c(N)nc2ccccc2c1C(=O)[O-].[Na+]. The van der Waals surface area contributed by atoms with Crippen LogP contribution in [0.1, 0.15) is 15.9 Å². The number of nitriles is 1. The number of carbonyl (C=O) groups is 1. The molecular weight excluding hydrogens is 229 g/mol. The monoisotopic (exact) mass is 235 g/mol. The molecule has 5 nitrogen and oxygen atoms in total. The van der Waals surface area contributed by atoms with Crippen molar-refractivity contribution in [1.82, 2.24) is 4.98 Å². The van der Waals surface area contributed by atoms with Crippen molar-refractivity contribution in [3.8, 4) is 6.07 Å². The number of rotatable bonds is 1. The number of pyridine rings is 1. The number of fused-ring (bicyclic) bond motifs is 1. The quantitative estimate of drug-likeness (QED) is 0.532. The van der Waals surface area contributed by atoms with E-state index in [9.17, 15) is 9.90 Å². The largest absolute Gasteiger partial charge is 1.00 e. The number of nitrogens with zero attached hydrogens (tertiary/aromatic N) is 2. The predicted molar refractivity (Wildman–Crippen MR) is 55.2 cm³/mol. The van der Waals surface area contributed by atoms with Gasteiger partial charge >= 0.3 is 29.6 Å². The number of carboxylic acids is 1. The average molecular weight is 235 g/mol. The fourth-order valence-corrected chi connectivity index (χ4v) is 1.56. The van der Waals surface area contributed by atoms with Crippen LogP contribution in [0.25, 0.3) is 10.9 Å². The maximum atomic E-state index is 11.0. The van der Waals surface area contributed by atoms with Gasteiger partial charge in [0.1, 0.15) is 17.5 Å². The molecule has 0 saturated heterocycles. The minimum Gasteiger partial charge on any atom is -0.545 e. The number of benzene rings is 1. The van der Waals surface area contributed by atoms with E-state index in [4.69, 9.17) is 11.0 Å². The summed E-state index contributed by atoms with van der Waals surface area (Å²) < 4.78 is 0. The number of hydrogen-bond acceptors (Lipinski definition) is 5.